The zero-order valence-electron chi connectivity index (χ0n) is 12.7. The van der Waals surface area contributed by atoms with Crippen molar-refractivity contribution in [3.63, 3.8) is 0 Å². The standard InChI is InChI=1S/C17H19N3O2/c1-11(17-20-13-5-3-4-6-16(13)22-17)9-18-10-14-15(21)8-7-12(2)19-14/h3-8,11,18,21H,9-10H2,1-2H3/t11-/m1/s1. The van der Waals surface area contributed by atoms with Crippen LogP contribution in [0, 0.1) is 6.92 Å². The summed E-state index contributed by atoms with van der Waals surface area (Å²) in [5.74, 6) is 1.07. The molecule has 1 atom stereocenters. The van der Waals surface area contributed by atoms with E-state index in [1.54, 1.807) is 12.1 Å². The second-order valence-corrected chi connectivity index (χ2v) is 5.47. The summed E-state index contributed by atoms with van der Waals surface area (Å²) in [6.45, 7) is 5.17. The molecule has 0 saturated carbocycles. The Morgan fingerprint density at radius 3 is 2.82 bits per heavy atom. The molecule has 0 aliphatic heterocycles. The Kier molecular flexibility index (Phi) is 4.06. The maximum Gasteiger partial charge on any atom is 0.199 e. The van der Waals surface area contributed by atoms with Crippen molar-refractivity contribution < 1.29 is 9.52 Å². The number of hydrogen-bond acceptors (Lipinski definition) is 5. The summed E-state index contributed by atoms with van der Waals surface area (Å²) in [6.07, 6.45) is 0. The van der Waals surface area contributed by atoms with Crippen LogP contribution in [0.3, 0.4) is 0 Å². The average Bonchev–Trinajstić information content (AvgIpc) is 2.94. The number of pyridine rings is 1. The van der Waals surface area contributed by atoms with Crippen molar-refractivity contribution in [2.45, 2.75) is 26.3 Å². The number of oxazole rings is 1. The van der Waals surface area contributed by atoms with E-state index in [1.807, 2.05) is 31.2 Å². The maximum absolute atomic E-state index is 9.78. The van der Waals surface area contributed by atoms with Crippen molar-refractivity contribution in [3.05, 3.63) is 53.7 Å². The smallest absolute Gasteiger partial charge is 0.199 e. The molecule has 0 amide bonds. The molecular weight excluding hydrogens is 278 g/mol. The fourth-order valence-corrected chi connectivity index (χ4v) is 2.33. The quantitative estimate of drug-likeness (QED) is 0.757. The Morgan fingerprint density at radius 2 is 2.00 bits per heavy atom. The number of hydrogen-bond donors (Lipinski definition) is 2. The van der Waals surface area contributed by atoms with Gasteiger partial charge in [0.15, 0.2) is 11.5 Å². The molecule has 0 bridgehead atoms. The second kappa shape index (κ2) is 6.15. The fourth-order valence-electron chi connectivity index (χ4n) is 2.33. The lowest BCUT2D eigenvalue weighted by molar-refractivity contribution is 0.447. The largest absolute Gasteiger partial charge is 0.506 e. The van der Waals surface area contributed by atoms with Crippen molar-refractivity contribution in [1.29, 1.82) is 0 Å². The van der Waals surface area contributed by atoms with E-state index in [0.29, 0.717) is 18.8 Å². The van der Waals surface area contributed by atoms with E-state index in [0.717, 1.165) is 22.7 Å². The van der Waals surface area contributed by atoms with Crippen molar-refractivity contribution in [2.75, 3.05) is 6.54 Å². The highest BCUT2D eigenvalue weighted by Gasteiger charge is 2.13. The van der Waals surface area contributed by atoms with Crippen LogP contribution in [0.4, 0.5) is 0 Å². The number of benzene rings is 1. The lowest BCUT2D eigenvalue weighted by Gasteiger charge is -2.10. The Bertz CT molecular complexity index is 749. The average molecular weight is 297 g/mol. The van der Waals surface area contributed by atoms with Gasteiger partial charge in [0.05, 0.1) is 5.69 Å². The molecule has 3 aromatic rings. The van der Waals surface area contributed by atoms with Gasteiger partial charge in [0.2, 0.25) is 0 Å². The van der Waals surface area contributed by atoms with Crippen molar-refractivity contribution in [1.82, 2.24) is 15.3 Å². The number of nitrogens with zero attached hydrogens (tertiary/aromatic N) is 2. The number of nitrogens with one attached hydrogen (secondary N) is 1. The number of rotatable bonds is 5. The van der Waals surface area contributed by atoms with Crippen molar-refractivity contribution >= 4 is 11.1 Å². The molecule has 114 valence electrons. The normalized spacial score (nSPS) is 12.6. The lowest BCUT2D eigenvalue weighted by atomic mass is 10.2. The summed E-state index contributed by atoms with van der Waals surface area (Å²) >= 11 is 0. The number of para-hydroxylation sites is 2. The van der Waals surface area contributed by atoms with Crippen LogP contribution in [0.1, 0.15) is 30.1 Å². The van der Waals surface area contributed by atoms with Gasteiger partial charge in [-0.15, -0.1) is 0 Å². The van der Waals surface area contributed by atoms with E-state index in [4.69, 9.17) is 4.42 Å². The van der Waals surface area contributed by atoms with Crippen LogP contribution in [0.5, 0.6) is 5.75 Å². The van der Waals surface area contributed by atoms with Crippen LogP contribution < -0.4 is 5.32 Å². The van der Waals surface area contributed by atoms with Crippen molar-refractivity contribution in [3.8, 4) is 5.75 Å². The van der Waals surface area contributed by atoms with Crippen LogP contribution in [0.25, 0.3) is 11.1 Å². The number of aromatic hydroxyl groups is 1. The zero-order valence-corrected chi connectivity index (χ0v) is 12.7. The molecule has 0 aliphatic rings. The maximum atomic E-state index is 9.78. The molecule has 5 nitrogen and oxygen atoms in total. The van der Waals surface area contributed by atoms with Crippen LogP contribution >= 0.6 is 0 Å². The monoisotopic (exact) mass is 297 g/mol. The minimum Gasteiger partial charge on any atom is -0.506 e. The summed E-state index contributed by atoms with van der Waals surface area (Å²) in [4.78, 5) is 8.82. The van der Waals surface area contributed by atoms with E-state index in [9.17, 15) is 5.11 Å². The van der Waals surface area contributed by atoms with Gasteiger partial charge in [-0.25, -0.2) is 4.98 Å². The van der Waals surface area contributed by atoms with Gasteiger partial charge >= 0.3 is 0 Å². The van der Waals surface area contributed by atoms with Crippen LogP contribution in [-0.4, -0.2) is 21.6 Å². The third-order valence-corrected chi connectivity index (χ3v) is 3.56. The fraction of sp³-hybridized carbons (Fsp3) is 0.294. The summed E-state index contributed by atoms with van der Waals surface area (Å²) in [5.41, 5.74) is 3.23. The molecule has 2 heterocycles. The molecule has 0 unspecified atom stereocenters. The van der Waals surface area contributed by atoms with E-state index < -0.39 is 0 Å². The van der Waals surface area contributed by atoms with Gasteiger partial charge in [-0.2, -0.15) is 0 Å². The topological polar surface area (TPSA) is 71.2 Å². The van der Waals surface area contributed by atoms with E-state index >= 15 is 0 Å². The summed E-state index contributed by atoms with van der Waals surface area (Å²) in [6, 6.07) is 11.2. The van der Waals surface area contributed by atoms with Crippen LogP contribution in [0.2, 0.25) is 0 Å². The molecule has 0 radical (unpaired) electrons. The third kappa shape index (κ3) is 3.09. The first-order chi connectivity index (χ1) is 10.6. The summed E-state index contributed by atoms with van der Waals surface area (Å²) in [7, 11) is 0. The first kappa shape index (κ1) is 14.5. The summed E-state index contributed by atoms with van der Waals surface area (Å²) in [5, 5.41) is 13.1. The molecule has 1 aromatic carbocycles. The predicted molar refractivity (Wildman–Crippen MR) is 84.8 cm³/mol. The first-order valence-corrected chi connectivity index (χ1v) is 7.35. The Balaban J connectivity index is 1.62. The molecule has 0 saturated heterocycles. The molecule has 5 heteroatoms. The second-order valence-electron chi connectivity index (χ2n) is 5.47. The van der Waals surface area contributed by atoms with Crippen LogP contribution in [-0.2, 0) is 6.54 Å². The molecular formula is C17H19N3O2. The summed E-state index contributed by atoms with van der Waals surface area (Å²) < 4.78 is 5.76. The number of fused-ring (bicyclic) bond motifs is 1. The molecule has 0 fully saturated rings. The molecule has 22 heavy (non-hydrogen) atoms. The lowest BCUT2D eigenvalue weighted by Crippen LogP contribution is -2.20. The Labute approximate surface area is 129 Å². The highest BCUT2D eigenvalue weighted by Crippen LogP contribution is 2.21. The van der Waals surface area contributed by atoms with Gasteiger partial charge < -0.3 is 14.8 Å². The van der Waals surface area contributed by atoms with Gasteiger partial charge in [-0.05, 0) is 31.2 Å². The van der Waals surface area contributed by atoms with E-state index in [-0.39, 0.29) is 11.7 Å². The van der Waals surface area contributed by atoms with Gasteiger partial charge in [0, 0.05) is 24.7 Å². The van der Waals surface area contributed by atoms with Gasteiger partial charge in [0.25, 0.3) is 0 Å². The van der Waals surface area contributed by atoms with Gasteiger partial charge in [0.1, 0.15) is 11.3 Å². The molecule has 0 aliphatic carbocycles. The molecule has 3 rings (SSSR count). The molecule has 2 N–H and O–H groups in total. The van der Waals surface area contributed by atoms with Crippen molar-refractivity contribution in [2.24, 2.45) is 0 Å². The first-order valence-electron chi connectivity index (χ1n) is 7.35. The zero-order chi connectivity index (χ0) is 15.5. The Morgan fingerprint density at radius 1 is 1.18 bits per heavy atom. The molecule has 0 spiro atoms. The van der Waals surface area contributed by atoms with Gasteiger partial charge in [-0.1, -0.05) is 19.1 Å². The SMILES string of the molecule is Cc1ccc(O)c(CNC[C@@H](C)c2nc3ccccc3o2)n1. The van der Waals surface area contributed by atoms with Crippen LogP contribution in [0.15, 0.2) is 40.8 Å². The molecule has 2 aromatic heterocycles. The number of aryl methyl sites for hydroxylation is 1. The minimum atomic E-state index is 0.138. The van der Waals surface area contributed by atoms with E-state index in [2.05, 4.69) is 22.2 Å². The van der Waals surface area contributed by atoms with Gasteiger partial charge in [-0.3, -0.25) is 4.98 Å². The highest BCUT2D eigenvalue weighted by molar-refractivity contribution is 5.72. The number of aromatic nitrogens is 2. The Hall–Kier alpha value is -2.40. The highest BCUT2D eigenvalue weighted by atomic mass is 16.3. The predicted octanol–water partition coefficient (Wildman–Crippen LogP) is 3.13. The third-order valence-electron chi connectivity index (χ3n) is 3.56. The minimum absolute atomic E-state index is 0.138. The van der Waals surface area contributed by atoms with E-state index in [1.165, 1.54) is 0 Å².